The number of benzene rings is 1. The van der Waals surface area contributed by atoms with E-state index in [0.717, 1.165) is 12.8 Å². The van der Waals surface area contributed by atoms with Gasteiger partial charge in [-0.25, -0.2) is 4.79 Å². The fourth-order valence-electron chi connectivity index (χ4n) is 2.61. The Morgan fingerprint density at radius 2 is 2.00 bits per heavy atom. The van der Waals surface area contributed by atoms with Crippen LogP contribution in [0.15, 0.2) is 24.3 Å². The topological polar surface area (TPSA) is 84.9 Å². The van der Waals surface area contributed by atoms with Gasteiger partial charge in [0.25, 0.3) is 5.91 Å². The van der Waals surface area contributed by atoms with Gasteiger partial charge in [0.2, 0.25) is 5.91 Å². The molecule has 26 heavy (non-hydrogen) atoms. The van der Waals surface area contributed by atoms with Gasteiger partial charge in [-0.2, -0.15) is 0 Å². The highest BCUT2D eigenvalue weighted by atomic mass is 16.5. The molecule has 0 saturated carbocycles. The van der Waals surface area contributed by atoms with E-state index in [1.165, 1.54) is 0 Å². The van der Waals surface area contributed by atoms with Gasteiger partial charge in [0.1, 0.15) is 6.10 Å². The molecule has 0 unspecified atom stereocenters. The van der Waals surface area contributed by atoms with Gasteiger partial charge in [0.05, 0.1) is 25.2 Å². The van der Waals surface area contributed by atoms with Crippen LogP contribution < -0.4 is 5.32 Å². The maximum atomic E-state index is 12.2. The molecule has 1 saturated heterocycles. The molecule has 2 rings (SSSR count). The second-order valence-electron chi connectivity index (χ2n) is 6.10. The minimum absolute atomic E-state index is 0.0316. The molecule has 1 aliphatic rings. The molecule has 0 spiro atoms. The molecular formula is C19H26N2O5. The number of likely N-dealkylation sites (N-methyl/N-ethyl adjacent to an activating group) is 1. The molecule has 1 atom stereocenters. The average Bonchev–Trinajstić information content (AvgIpc) is 2.64. The number of ether oxygens (including phenoxy) is 2. The number of nitrogens with zero attached hydrogens (tertiary/aromatic N) is 1. The second kappa shape index (κ2) is 9.91. The highest BCUT2D eigenvalue weighted by Crippen LogP contribution is 2.14. The van der Waals surface area contributed by atoms with Gasteiger partial charge in [-0.15, -0.1) is 0 Å². The summed E-state index contributed by atoms with van der Waals surface area (Å²) in [6.45, 7) is 5.93. The first-order valence-electron chi connectivity index (χ1n) is 9.02. The number of unbranched alkanes of at least 4 members (excludes halogenated alkanes) is 1. The lowest BCUT2D eigenvalue weighted by molar-refractivity contribution is -0.154. The predicted octanol–water partition coefficient (Wildman–Crippen LogP) is 2.22. The summed E-state index contributed by atoms with van der Waals surface area (Å²) in [6.07, 6.45) is 1.02. The molecule has 0 radical (unpaired) electrons. The van der Waals surface area contributed by atoms with E-state index in [4.69, 9.17) is 9.47 Å². The molecule has 1 aromatic carbocycles. The van der Waals surface area contributed by atoms with E-state index in [2.05, 4.69) is 5.32 Å². The van der Waals surface area contributed by atoms with Crippen LogP contribution in [0.1, 0.15) is 43.5 Å². The van der Waals surface area contributed by atoms with Crippen molar-refractivity contribution < 1.29 is 23.9 Å². The highest BCUT2D eigenvalue weighted by molar-refractivity contribution is 5.96. The van der Waals surface area contributed by atoms with E-state index in [1.54, 1.807) is 29.2 Å². The van der Waals surface area contributed by atoms with Crippen LogP contribution in [0.25, 0.3) is 0 Å². The van der Waals surface area contributed by atoms with Gasteiger partial charge in [-0.3, -0.25) is 9.59 Å². The lowest BCUT2D eigenvalue weighted by atomic mass is 10.1. The number of anilines is 1. The molecule has 7 nitrogen and oxygen atoms in total. The van der Waals surface area contributed by atoms with Crippen LogP contribution in [-0.2, 0) is 19.1 Å². The van der Waals surface area contributed by atoms with Gasteiger partial charge < -0.3 is 19.7 Å². The predicted molar refractivity (Wildman–Crippen MR) is 96.9 cm³/mol. The van der Waals surface area contributed by atoms with Crippen LogP contribution in [0.2, 0.25) is 0 Å². The van der Waals surface area contributed by atoms with Crippen molar-refractivity contribution >= 4 is 23.5 Å². The van der Waals surface area contributed by atoms with Crippen LogP contribution >= 0.6 is 0 Å². The van der Waals surface area contributed by atoms with Gasteiger partial charge in [-0.05, 0) is 37.6 Å². The maximum absolute atomic E-state index is 12.2. The summed E-state index contributed by atoms with van der Waals surface area (Å²) in [7, 11) is 0. The zero-order valence-corrected chi connectivity index (χ0v) is 15.3. The van der Waals surface area contributed by atoms with Crippen molar-refractivity contribution in [1.82, 2.24) is 4.90 Å². The first-order chi connectivity index (χ1) is 12.5. The molecule has 2 amide bonds. The Kier molecular flexibility index (Phi) is 7.59. The molecule has 0 aliphatic carbocycles. The Balaban J connectivity index is 1.85. The molecule has 1 N–H and O–H groups in total. The summed E-state index contributed by atoms with van der Waals surface area (Å²) < 4.78 is 10.6. The quantitative estimate of drug-likeness (QED) is 0.566. The summed E-state index contributed by atoms with van der Waals surface area (Å²) in [4.78, 5) is 37.8. The van der Waals surface area contributed by atoms with Gasteiger partial charge in [0.15, 0.2) is 0 Å². The smallest absolute Gasteiger partial charge is 0.338 e. The molecule has 1 heterocycles. The summed E-state index contributed by atoms with van der Waals surface area (Å²) in [5, 5.41) is 2.72. The Morgan fingerprint density at radius 1 is 1.27 bits per heavy atom. The Bertz CT molecular complexity index is 629. The fourth-order valence-corrected chi connectivity index (χ4v) is 2.61. The molecule has 0 aromatic heterocycles. The number of nitrogens with one attached hydrogen (secondary N) is 1. The van der Waals surface area contributed by atoms with Crippen molar-refractivity contribution in [1.29, 1.82) is 0 Å². The molecule has 142 valence electrons. The van der Waals surface area contributed by atoms with Gasteiger partial charge in [-0.1, -0.05) is 13.3 Å². The highest BCUT2D eigenvalue weighted by Gasteiger charge is 2.30. The molecular weight excluding hydrogens is 336 g/mol. The van der Waals surface area contributed by atoms with E-state index in [-0.39, 0.29) is 24.2 Å². The number of carbonyl (C=O) groups excluding carboxylic acids is 3. The van der Waals surface area contributed by atoms with Crippen molar-refractivity contribution in [3.05, 3.63) is 29.8 Å². The lowest BCUT2D eigenvalue weighted by Crippen LogP contribution is -2.48. The zero-order chi connectivity index (χ0) is 18.9. The number of morpholine rings is 1. The minimum atomic E-state index is -0.739. The van der Waals surface area contributed by atoms with E-state index < -0.39 is 6.10 Å². The van der Waals surface area contributed by atoms with E-state index >= 15 is 0 Å². The number of amides is 2. The van der Waals surface area contributed by atoms with E-state index in [9.17, 15) is 14.4 Å². The summed E-state index contributed by atoms with van der Waals surface area (Å²) in [6, 6.07) is 6.47. The molecule has 0 bridgehead atoms. The number of carbonyl (C=O) groups is 3. The molecule has 1 aliphatic heterocycles. The van der Waals surface area contributed by atoms with E-state index in [0.29, 0.717) is 37.6 Å². The minimum Gasteiger partial charge on any atom is -0.462 e. The van der Waals surface area contributed by atoms with Gasteiger partial charge in [0, 0.05) is 18.8 Å². The fraction of sp³-hybridized carbons (Fsp3) is 0.526. The van der Waals surface area contributed by atoms with Crippen molar-refractivity contribution in [3.8, 4) is 0 Å². The van der Waals surface area contributed by atoms with Gasteiger partial charge >= 0.3 is 5.97 Å². The molecule has 7 heteroatoms. The third-order valence-corrected chi connectivity index (χ3v) is 4.16. The Morgan fingerprint density at radius 3 is 2.65 bits per heavy atom. The van der Waals surface area contributed by atoms with Crippen molar-refractivity contribution in [3.63, 3.8) is 0 Å². The van der Waals surface area contributed by atoms with Crippen LogP contribution in [0.5, 0.6) is 0 Å². The summed E-state index contributed by atoms with van der Waals surface area (Å²) in [5.41, 5.74) is 0.985. The van der Waals surface area contributed by atoms with Crippen molar-refractivity contribution in [2.45, 2.75) is 39.2 Å². The molecule has 1 aromatic rings. The van der Waals surface area contributed by atoms with E-state index in [1.807, 2.05) is 13.8 Å². The molecule has 1 fully saturated rings. The van der Waals surface area contributed by atoms with Crippen molar-refractivity contribution in [2.24, 2.45) is 0 Å². The summed E-state index contributed by atoms with van der Waals surface area (Å²) in [5.74, 6) is -0.837. The van der Waals surface area contributed by atoms with Crippen LogP contribution in [0.3, 0.4) is 0 Å². The van der Waals surface area contributed by atoms with Crippen molar-refractivity contribution in [2.75, 3.05) is 31.6 Å². The summed E-state index contributed by atoms with van der Waals surface area (Å²) >= 11 is 0. The number of hydrogen-bond acceptors (Lipinski definition) is 5. The largest absolute Gasteiger partial charge is 0.462 e. The monoisotopic (exact) mass is 362 g/mol. The van der Waals surface area contributed by atoms with Crippen LogP contribution in [-0.4, -0.2) is 55.1 Å². The Hall–Kier alpha value is -2.41. The zero-order valence-electron chi connectivity index (χ0n) is 15.3. The third-order valence-electron chi connectivity index (χ3n) is 4.16. The number of esters is 1. The standard InChI is InChI=1S/C19H26N2O5/c1-3-5-11-26-19(24)14-6-8-15(9-7-14)20-17(22)13-16-18(23)21(4-2)10-12-25-16/h6-9,16H,3-5,10-13H2,1-2H3,(H,20,22)/t16-/m0/s1. The first-order valence-corrected chi connectivity index (χ1v) is 9.02. The SMILES string of the molecule is CCCCOC(=O)c1ccc(NC(=O)C[C@@H]2OCCN(CC)C2=O)cc1. The first kappa shape index (κ1) is 19.9. The normalized spacial score (nSPS) is 17.1. The maximum Gasteiger partial charge on any atom is 0.338 e. The third kappa shape index (κ3) is 5.56. The van der Waals surface area contributed by atoms with Crippen LogP contribution in [0, 0.1) is 0 Å². The lowest BCUT2D eigenvalue weighted by Gasteiger charge is -2.31. The Labute approximate surface area is 153 Å². The second-order valence-corrected chi connectivity index (χ2v) is 6.10. The van der Waals surface area contributed by atoms with Crippen LogP contribution in [0.4, 0.5) is 5.69 Å². The number of hydrogen-bond donors (Lipinski definition) is 1. The number of rotatable bonds is 8. The average molecular weight is 362 g/mol.